The van der Waals surface area contributed by atoms with Crippen LogP contribution >= 0.6 is 11.6 Å². The lowest BCUT2D eigenvalue weighted by Gasteiger charge is -2.23. The number of amides is 2. The van der Waals surface area contributed by atoms with Crippen molar-refractivity contribution in [2.75, 3.05) is 24.6 Å². The third kappa shape index (κ3) is 6.50. The zero-order valence-electron chi connectivity index (χ0n) is 20.9. The van der Waals surface area contributed by atoms with Gasteiger partial charge in [0.25, 0.3) is 5.91 Å². The fourth-order valence-corrected chi connectivity index (χ4v) is 4.19. The molecule has 0 aromatic heterocycles. The van der Waals surface area contributed by atoms with Gasteiger partial charge in [-0.25, -0.2) is 0 Å². The number of ether oxygens (including phenoxy) is 2. The van der Waals surface area contributed by atoms with Crippen molar-refractivity contribution in [1.29, 1.82) is 5.26 Å². The van der Waals surface area contributed by atoms with Crippen LogP contribution in [0.15, 0.2) is 66.7 Å². The molecule has 38 heavy (non-hydrogen) atoms. The molecule has 4 rings (SSSR count). The first-order valence-electron chi connectivity index (χ1n) is 12.1. The SMILES string of the molecule is CCOC(=O)CCN1CC(=O)N(Cc2ccc(Cl)cc2)c2ccc(OCc3ccc(C#N)cc3)cc2C1=O. The van der Waals surface area contributed by atoms with E-state index in [1.54, 1.807) is 66.4 Å². The van der Waals surface area contributed by atoms with Crippen LogP contribution in [0.25, 0.3) is 0 Å². The molecular formula is C29H26ClN3O5. The van der Waals surface area contributed by atoms with E-state index in [0.717, 1.165) is 11.1 Å². The maximum atomic E-state index is 13.6. The van der Waals surface area contributed by atoms with Crippen LogP contribution in [0.1, 0.15) is 40.4 Å². The third-order valence-corrected chi connectivity index (χ3v) is 6.29. The molecule has 9 heteroatoms. The Labute approximate surface area is 225 Å². The number of carbonyl (C=O) groups excluding carboxylic acids is 3. The minimum absolute atomic E-state index is 0.0196. The third-order valence-electron chi connectivity index (χ3n) is 6.04. The summed E-state index contributed by atoms with van der Waals surface area (Å²) in [5.74, 6) is -0.635. The standard InChI is InChI=1S/C29H26ClN3O5/c1-2-37-28(35)13-14-32-18-27(34)33(17-21-7-9-23(30)10-8-21)26-12-11-24(15-25(26)29(32)36)38-19-22-5-3-20(16-31)4-6-22/h3-12,15H,2,13-14,17-19H2,1H3. The Hall–Kier alpha value is -4.35. The molecule has 194 valence electrons. The molecule has 1 heterocycles. The number of halogens is 1. The normalized spacial score (nSPS) is 13.0. The smallest absolute Gasteiger partial charge is 0.307 e. The van der Waals surface area contributed by atoms with Crippen molar-refractivity contribution in [3.05, 3.63) is 94.0 Å². The molecule has 0 radical (unpaired) electrons. The number of nitriles is 1. The second-order valence-electron chi connectivity index (χ2n) is 8.66. The highest BCUT2D eigenvalue weighted by Crippen LogP contribution is 2.31. The van der Waals surface area contributed by atoms with E-state index < -0.39 is 5.97 Å². The highest BCUT2D eigenvalue weighted by Gasteiger charge is 2.32. The number of nitrogens with zero attached hydrogens (tertiary/aromatic N) is 3. The summed E-state index contributed by atoms with van der Waals surface area (Å²) < 4.78 is 10.9. The van der Waals surface area contributed by atoms with Gasteiger partial charge in [-0.2, -0.15) is 5.26 Å². The second-order valence-corrected chi connectivity index (χ2v) is 9.10. The molecule has 0 fully saturated rings. The number of benzene rings is 3. The molecule has 0 aliphatic carbocycles. The van der Waals surface area contributed by atoms with Crippen LogP contribution in [0.3, 0.4) is 0 Å². The van der Waals surface area contributed by atoms with E-state index in [1.807, 2.05) is 12.1 Å². The molecule has 1 aliphatic rings. The topological polar surface area (TPSA) is 99.9 Å². The quantitative estimate of drug-likeness (QED) is 0.370. The molecule has 0 unspecified atom stereocenters. The zero-order chi connectivity index (χ0) is 27.1. The predicted octanol–water partition coefficient (Wildman–Crippen LogP) is 4.73. The van der Waals surface area contributed by atoms with Gasteiger partial charge in [-0.3, -0.25) is 14.4 Å². The van der Waals surface area contributed by atoms with Crippen LogP contribution in [-0.2, 0) is 27.5 Å². The molecule has 0 atom stereocenters. The maximum Gasteiger partial charge on any atom is 0.307 e. The lowest BCUT2D eigenvalue weighted by molar-refractivity contribution is -0.143. The number of carbonyl (C=O) groups is 3. The van der Waals surface area contributed by atoms with E-state index in [-0.39, 0.29) is 51.1 Å². The molecular weight excluding hydrogens is 506 g/mol. The largest absolute Gasteiger partial charge is 0.489 e. The average molecular weight is 532 g/mol. The van der Waals surface area contributed by atoms with Gasteiger partial charge in [-0.15, -0.1) is 0 Å². The molecule has 3 aromatic carbocycles. The monoisotopic (exact) mass is 531 g/mol. The van der Waals surface area contributed by atoms with E-state index in [4.69, 9.17) is 26.3 Å². The number of hydrogen-bond acceptors (Lipinski definition) is 6. The number of rotatable bonds is 9. The summed E-state index contributed by atoms with van der Waals surface area (Å²) in [4.78, 5) is 41.8. The minimum atomic E-state index is -0.435. The maximum absolute atomic E-state index is 13.6. The Balaban J connectivity index is 1.62. The van der Waals surface area contributed by atoms with Crippen molar-refractivity contribution in [2.45, 2.75) is 26.5 Å². The van der Waals surface area contributed by atoms with Crippen LogP contribution < -0.4 is 9.64 Å². The summed E-state index contributed by atoms with van der Waals surface area (Å²) in [6, 6.07) is 21.3. The summed E-state index contributed by atoms with van der Waals surface area (Å²) in [6.07, 6.45) is -0.0196. The molecule has 3 aromatic rings. The lowest BCUT2D eigenvalue weighted by atomic mass is 10.1. The first kappa shape index (κ1) is 26.7. The van der Waals surface area contributed by atoms with Crippen molar-refractivity contribution in [3.63, 3.8) is 0 Å². The van der Waals surface area contributed by atoms with Gasteiger partial charge in [0.1, 0.15) is 18.9 Å². The fourth-order valence-electron chi connectivity index (χ4n) is 4.06. The summed E-state index contributed by atoms with van der Waals surface area (Å²) in [7, 11) is 0. The zero-order valence-corrected chi connectivity index (χ0v) is 21.6. The summed E-state index contributed by atoms with van der Waals surface area (Å²) in [6.45, 7) is 2.30. The van der Waals surface area contributed by atoms with Crippen LogP contribution in [0.2, 0.25) is 5.02 Å². The Morgan fingerprint density at radius 3 is 2.42 bits per heavy atom. The van der Waals surface area contributed by atoms with Crippen molar-refractivity contribution >= 4 is 35.1 Å². The fraction of sp³-hybridized carbons (Fsp3) is 0.241. The van der Waals surface area contributed by atoms with Gasteiger partial charge in [-0.05, 0) is 60.5 Å². The first-order valence-corrected chi connectivity index (χ1v) is 12.5. The second kappa shape index (κ2) is 12.3. The van der Waals surface area contributed by atoms with Gasteiger partial charge in [0.15, 0.2) is 0 Å². The molecule has 8 nitrogen and oxygen atoms in total. The highest BCUT2D eigenvalue weighted by atomic mass is 35.5. The van der Waals surface area contributed by atoms with Crippen LogP contribution in [-0.4, -0.2) is 42.4 Å². The molecule has 0 N–H and O–H groups in total. The average Bonchev–Trinajstić information content (AvgIpc) is 3.02. The molecule has 0 saturated carbocycles. The van der Waals surface area contributed by atoms with E-state index >= 15 is 0 Å². The Morgan fingerprint density at radius 2 is 1.74 bits per heavy atom. The van der Waals surface area contributed by atoms with Crippen LogP contribution in [0.5, 0.6) is 5.75 Å². The van der Waals surface area contributed by atoms with Gasteiger partial charge in [0.2, 0.25) is 5.91 Å². The molecule has 1 aliphatic heterocycles. The summed E-state index contributed by atoms with van der Waals surface area (Å²) >= 11 is 6.02. The van der Waals surface area contributed by atoms with Gasteiger partial charge in [0.05, 0.1) is 42.5 Å². The lowest BCUT2D eigenvalue weighted by Crippen LogP contribution is -2.40. The van der Waals surface area contributed by atoms with Crippen molar-refractivity contribution < 1.29 is 23.9 Å². The van der Waals surface area contributed by atoms with Gasteiger partial charge in [0, 0.05) is 11.6 Å². The Kier molecular flexibility index (Phi) is 8.62. The molecule has 2 amide bonds. The van der Waals surface area contributed by atoms with E-state index in [9.17, 15) is 14.4 Å². The van der Waals surface area contributed by atoms with E-state index in [0.29, 0.717) is 27.6 Å². The Bertz CT molecular complexity index is 1370. The van der Waals surface area contributed by atoms with E-state index in [1.165, 1.54) is 4.90 Å². The number of hydrogen-bond donors (Lipinski definition) is 0. The first-order chi connectivity index (χ1) is 18.4. The number of fused-ring (bicyclic) bond motifs is 1. The van der Waals surface area contributed by atoms with Crippen molar-refractivity contribution in [3.8, 4) is 11.8 Å². The molecule has 0 saturated heterocycles. The molecule has 0 bridgehead atoms. The van der Waals surface area contributed by atoms with Crippen LogP contribution in [0, 0.1) is 11.3 Å². The summed E-state index contributed by atoms with van der Waals surface area (Å²) in [5, 5.41) is 9.57. The molecule has 0 spiro atoms. The Morgan fingerprint density at radius 1 is 1.03 bits per heavy atom. The van der Waals surface area contributed by atoms with Crippen molar-refractivity contribution in [2.24, 2.45) is 0 Å². The predicted molar refractivity (Wildman–Crippen MR) is 142 cm³/mol. The summed E-state index contributed by atoms with van der Waals surface area (Å²) in [5.41, 5.74) is 3.02. The number of esters is 1. The van der Waals surface area contributed by atoms with Gasteiger partial charge in [-0.1, -0.05) is 35.9 Å². The number of anilines is 1. The van der Waals surface area contributed by atoms with Gasteiger partial charge >= 0.3 is 5.97 Å². The van der Waals surface area contributed by atoms with Crippen molar-refractivity contribution in [1.82, 2.24) is 4.90 Å². The highest BCUT2D eigenvalue weighted by molar-refractivity contribution is 6.30. The van der Waals surface area contributed by atoms with E-state index in [2.05, 4.69) is 6.07 Å². The minimum Gasteiger partial charge on any atom is -0.489 e. The van der Waals surface area contributed by atoms with Gasteiger partial charge < -0.3 is 19.3 Å². The van der Waals surface area contributed by atoms with Crippen LogP contribution in [0.4, 0.5) is 5.69 Å².